The number of rotatable bonds is 5. The van der Waals surface area contributed by atoms with Gasteiger partial charge in [-0.15, -0.1) is 0 Å². The third-order valence-electron chi connectivity index (χ3n) is 4.55. The lowest BCUT2D eigenvalue weighted by atomic mass is 10.1. The Labute approximate surface area is 151 Å². The molecule has 1 saturated heterocycles. The van der Waals surface area contributed by atoms with Gasteiger partial charge in [0, 0.05) is 50.1 Å². The van der Waals surface area contributed by atoms with Gasteiger partial charge < -0.3 is 14.5 Å². The Hall–Kier alpha value is -3.09. The third kappa shape index (κ3) is 4.11. The van der Waals surface area contributed by atoms with Crippen LogP contribution < -0.4 is 9.64 Å². The van der Waals surface area contributed by atoms with Gasteiger partial charge in [-0.25, -0.2) is 0 Å². The van der Waals surface area contributed by atoms with Crippen molar-refractivity contribution in [3.05, 3.63) is 64.2 Å². The standard InChI is InChI=1S/C19H21N3O4/c1-26-18-4-2-3-17(14-18)20-9-11-21(12-10-20)19(23)13-15-5-7-16(8-6-15)22(24)25/h2-8,14H,9-13H2,1H3. The molecule has 0 bridgehead atoms. The second kappa shape index (κ2) is 7.86. The third-order valence-corrected chi connectivity index (χ3v) is 4.55. The summed E-state index contributed by atoms with van der Waals surface area (Å²) in [4.78, 5) is 26.8. The smallest absolute Gasteiger partial charge is 0.269 e. The molecule has 0 aliphatic carbocycles. The maximum atomic E-state index is 12.5. The molecule has 0 aromatic heterocycles. The molecular formula is C19H21N3O4. The Morgan fingerprint density at radius 2 is 1.81 bits per heavy atom. The van der Waals surface area contributed by atoms with E-state index in [9.17, 15) is 14.9 Å². The highest BCUT2D eigenvalue weighted by Gasteiger charge is 2.21. The number of non-ortho nitro benzene ring substituents is 1. The van der Waals surface area contributed by atoms with E-state index in [0.717, 1.165) is 30.1 Å². The highest BCUT2D eigenvalue weighted by Crippen LogP contribution is 2.22. The lowest BCUT2D eigenvalue weighted by Gasteiger charge is -2.36. The van der Waals surface area contributed by atoms with Gasteiger partial charge in [-0.1, -0.05) is 18.2 Å². The number of carbonyl (C=O) groups is 1. The minimum absolute atomic E-state index is 0.0353. The van der Waals surface area contributed by atoms with Crippen LogP contribution in [0.3, 0.4) is 0 Å². The van der Waals surface area contributed by atoms with Crippen molar-refractivity contribution in [2.45, 2.75) is 6.42 Å². The van der Waals surface area contributed by atoms with Crippen molar-refractivity contribution in [1.82, 2.24) is 4.90 Å². The number of carbonyl (C=O) groups excluding carboxylic acids is 1. The van der Waals surface area contributed by atoms with Gasteiger partial charge >= 0.3 is 0 Å². The molecule has 0 saturated carbocycles. The number of nitrogens with zero attached hydrogens (tertiary/aromatic N) is 3. The van der Waals surface area contributed by atoms with Gasteiger partial charge in [-0.2, -0.15) is 0 Å². The quantitative estimate of drug-likeness (QED) is 0.608. The summed E-state index contributed by atoms with van der Waals surface area (Å²) in [5.41, 5.74) is 1.91. The van der Waals surface area contributed by atoms with Crippen molar-refractivity contribution in [1.29, 1.82) is 0 Å². The maximum absolute atomic E-state index is 12.5. The molecule has 0 unspecified atom stereocenters. The topological polar surface area (TPSA) is 75.9 Å². The molecule has 0 radical (unpaired) electrons. The van der Waals surface area contributed by atoms with E-state index in [1.54, 1.807) is 19.2 Å². The van der Waals surface area contributed by atoms with Gasteiger partial charge in [0.1, 0.15) is 5.75 Å². The molecule has 1 aliphatic rings. The zero-order valence-electron chi connectivity index (χ0n) is 14.6. The van der Waals surface area contributed by atoms with Crippen molar-refractivity contribution in [2.24, 2.45) is 0 Å². The van der Waals surface area contributed by atoms with E-state index in [2.05, 4.69) is 4.90 Å². The molecule has 1 amide bonds. The molecule has 7 heteroatoms. The van der Waals surface area contributed by atoms with Crippen LogP contribution in [0.1, 0.15) is 5.56 Å². The van der Waals surface area contributed by atoms with Crippen LogP contribution in [-0.2, 0) is 11.2 Å². The lowest BCUT2D eigenvalue weighted by molar-refractivity contribution is -0.384. The van der Waals surface area contributed by atoms with Crippen molar-refractivity contribution >= 4 is 17.3 Å². The van der Waals surface area contributed by atoms with E-state index >= 15 is 0 Å². The zero-order chi connectivity index (χ0) is 18.5. The monoisotopic (exact) mass is 355 g/mol. The minimum atomic E-state index is -0.441. The number of hydrogen-bond acceptors (Lipinski definition) is 5. The lowest BCUT2D eigenvalue weighted by Crippen LogP contribution is -2.49. The van der Waals surface area contributed by atoms with E-state index in [4.69, 9.17) is 4.74 Å². The molecule has 3 rings (SSSR count). The van der Waals surface area contributed by atoms with Gasteiger partial charge in [0.05, 0.1) is 18.5 Å². The fourth-order valence-electron chi connectivity index (χ4n) is 3.04. The molecule has 0 atom stereocenters. The SMILES string of the molecule is COc1cccc(N2CCN(C(=O)Cc3ccc([N+](=O)[O-])cc3)CC2)c1. The number of hydrogen-bond donors (Lipinski definition) is 0. The number of amides is 1. The summed E-state index contributed by atoms with van der Waals surface area (Å²) in [6.07, 6.45) is 0.261. The largest absolute Gasteiger partial charge is 0.497 e. The summed E-state index contributed by atoms with van der Waals surface area (Å²) < 4.78 is 5.26. The van der Waals surface area contributed by atoms with Crippen LogP contribution in [0.15, 0.2) is 48.5 Å². The van der Waals surface area contributed by atoms with E-state index < -0.39 is 4.92 Å². The first kappa shape index (κ1) is 17.7. The highest BCUT2D eigenvalue weighted by atomic mass is 16.6. The van der Waals surface area contributed by atoms with E-state index in [1.807, 2.05) is 29.2 Å². The first-order valence-electron chi connectivity index (χ1n) is 8.47. The van der Waals surface area contributed by atoms with Crippen LogP contribution in [0.4, 0.5) is 11.4 Å². The number of nitro groups is 1. The molecule has 7 nitrogen and oxygen atoms in total. The average Bonchev–Trinajstić information content (AvgIpc) is 2.68. The summed E-state index contributed by atoms with van der Waals surface area (Å²) >= 11 is 0. The van der Waals surface area contributed by atoms with Crippen molar-refractivity contribution in [3.63, 3.8) is 0 Å². The highest BCUT2D eigenvalue weighted by molar-refractivity contribution is 5.79. The van der Waals surface area contributed by atoms with E-state index in [1.165, 1.54) is 12.1 Å². The van der Waals surface area contributed by atoms with Gasteiger partial charge in [-0.05, 0) is 17.7 Å². The van der Waals surface area contributed by atoms with Crippen molar-refractivity contribution in [3.8, 4) is 5.75 Å². The van der Waals surface area contributed by atoms with Gasteiger partial charge in [-0.3, -0.25) is 14.9 Å². The number of benzene rings is 2. The van der Waals surface area contributed by atoms with Gasteiger partial charge in [0.2, 0.25) is 5.91 Å². The van der Waals surface area contributed by atoms with Gasteiger partial charge in [0.25, 0.3) is 5.69 Å². The molecule has 2 aromatic rings. The first-order chi connectivity index (χ1) is 12.6. The second-order valence-electron chi connectivity index (χ2n) is 6.17. The molecule has 1 fully saturated rings. The Morgan fingerprint density at radius 1 is 1.12 bits per heavy atom. The summed E-state index contributed by atoms with van der Waals surface area (Å²) in [6, 6.07) is 14.1. The van der Waals surface area contributed by atoms with Crippen LogP contribution in [0.5, 0.6) is 5.75 Å². The Bertz CT molecular complexity index is 784. The number of anilines is 1. The maximum Gasteiger partial charge on any atom is 0.269 e. The zero-order valence-corrected chi connectivity index (χ0v) is 14.6. The molecule has 1 heterocycles. The predicted octanol–water partition coefficient (Wildman–Crippen LogP) is 2.49. The molecule has 26 heavy (non-hydrogen) atoms. The minimum Gasteiger partial charge on any atom is -0.497 e. The number of methoxy groups -OCH3 is 1. The molecule has 136 valence electrons. The van der Waals surface area contributed by atoms with Crippen LogP contribution >= 0.6 is 0 Å². The summed E-state index contributed by atoms with van der Waals surface area (Å²) in [5, 5.41) is 10.7. The molecular weight excluding hydrogens is 334 g/mol. The Morgan fingerprint density at radius 3 is 2.42 bits per heavy atom. The fraction of sp³-hybridized carbons (Fsp3) is 0.316. The van der Waals surface area contributed by atoms with Crippen LogP contribution in [0, 0.1) is 10.1 Å². The van der Waals surface area contributed by atoms with Crippen LogP contribution in [-0.4, -0.2) is 49.0 Å². The average molecular weight is 355 g/mol. The normalized spacial score (nSPS) is 14.2. The number of ether oxygens (including phenoxy) is 1. The Kier molecular flexibility index (Phi) is 5.36. The van der Waals surface area contributed by atoms with Crippen molar-refractivity contribution < 1.29 is 14.5 Å². The number of piperazine rings is 1. The van der Waals surface area contributed by atoms with Crippen molar-refractivity contribution in [2.75, 3.05) is 38.2 Å². The summed E-state index contributed by atoms with van der Waals surface area (Å²) in [6.45, 7) is 2.84. The second-order valence-corrected chi connectivity index (χ2v) is 6.17. The Balaban J connectivity index is 1.55. The number of nitro benzene ring substituents is 1. The predicted molar refractivity (Wildman–Crippen MR) is 98.6 cm³/mol. The van der Waals surface area contributed by atoms with Crippen LogP contribution in [0.2, 0.25) is 0 Å². The summed E-state index contributed by atoms with van der Waals surface area (Å²) in [5.74, 6) is 0.864. The molecule has 0 N–H and O–H groups in total. The fourth-order valence-corrected chi connectivity index (χ4v) is 3.04. The van der Waals surface area contributed by atoms with Gasteiger partial charge in [0.15, 0.2) is 0 Å². The van der Waals surface area contributed by atoms with E-state index in [0.29, 0.717) is 13.1 Å². The van der Waals surface area contributed by atoms with E-state index in [-0.39, 0.29) is 18.0 Å². The first-order valence-corrected chi connectivity index (χ1v) is 8.47. The molecule has 2 aromatic carbocycles. The molecule has 0 spiro atoms. The van der Waals surface area contributed by atoms with Crippen LogP contribution in [0.25, 0.3) is 0 Å². The summed E-state index contributed by atoms with van der Waals surface area (Å²) in [7, 11) is 1.65. The molecule has 1 aliphatic heterocycles.